The van der Waals surface area contributed by atoms with Gasteiger partial charge in [0, 0.05) is 80.3 Å². The van der Waals surface area contributed by atoms with Crippen LogP contribution in [0.1, 0.15) is 69.2 Å². The fourth-order valence-corrected chi connectivity index (χ4v) is 11.5. The Balaban J connectivity index is 1.11. The maximum absolute atomic E-state index is 14.1. The predicted molar refractivity (Wildman–Crippen MR) is 245 cm³/mol. The lowest BCUT2D eigenvalue weighted by Crippen LogP contribution is -2.47. The first-order valence-electron chi connectivity index (χ1n) is 21.7. The number of nitrogens with zero attached hydrogens (tertiary/aromatic N) is 3. The van der Waals surface area contributed by atoms with Gasteiger partial charge in [-0.2, -0.15) is 13.2 Å². The number of halogens is 5. The second kappa shape index (κ2) is 21.3. The molecule has 19 heteroatoms. The summed E-state index contributed by atoms with van der Waals surface area (Å²) in [5.74, 6) is -0.744. The van der Waals surface area contributed by atoms with Gasteiger partial charge in [-0.3, -0.25) is 9.69 Å². The molecule has 2 heterocycles. The number of hydrogen-bond donors (Lipinski definition) is 3. The number of likely N-dealkylation sites (tertiary alicyclic amines) is 1. The highest BCUT2D eigenvalue weighted by molar-refractivity contribution is 7.99. The van der Waals surface area contributed by atoms with Crippen molar-refractivity contribution in [3.05, 3.63) is 102 Å². The molecular formula is C46H58F5N5O6S3. The summed E-state index contributed by atoms with van der Waals surface area (Å²) in [7, 11) is -11.0. The van der Waals surface area contributed by atoms with Crippen LogP contribution in [0.4, 0.5) is 33.3 Å². The molecule has 0 saturated carbocycles. The normalized spacial score (nSPS) is 19.4. The fraction of sp³-hybridized carbons (Fsp3) is 0.500. The highest BCUT2D eigenvalue weighted by atomic mass is 32.2. The third-order valence-corrected chi connectivity index (χ3v) is 16.3. The molecule has 1 amide bonds. The molecule has 2 aliphatic heterocycles. The zero-order chi connectivity index (χ0) is 47.2. The Morgan fingerprint density at radius 2 is 1.63 bits per heavy atom. The number of amides is 1. The largest absolute Gasteiger partial charge is 0.501 e. The topological polar surface area (TPSA) is 139 Å². The summed E-state index contributed by atoms with van der Waals surface area (Å²) in [6.45, 7) is 13.1. The molecule has 2 saturated heterocycles. The number of sulfone groups is 1. The van der Waals surface area contributed by atoms with Crippen molar-refractivity contribution in [2.75, 3.05) is 68.3 Å². The molecule has 2 fully saturated rings. The summed E-state index contributed by atoms with van der Waals surface area (Å²) in [6.07, 6.45) is 1.58. The lowest BCUT2D eigenvalue weighted by atomic mass is 9.73. The summed E-state index contributed by atoms with van der Waals surface area (Å²) < 4.78 is 124. The Morgan fingerprint density at radius 1 is 0.938 bits per heavy atom. The number of hydrogen-bond acceptors (Lipinski definition) is 11. The average Bonchev–Trinajstić information content (AvgIpc) is 3.69. The Labute approximate surface area is 383 Å². The van der Waals surface area contributed by atoms with Crippen LogP contribution in [0.5, 0.6) is 0 Å². The maximum Gasteiger partial charge on any atom is 0.501 e. The summed E-state index contributed by atoms with van der Waals surface area (Å²) in [6, 6.07) is 17.2. The SMILES string of the molecule is C=C(CCC1=C(CN2CCN(c3ccc(C(=O)NS(=O)(=O)c4ccc(N[C@H](CCN5CCC(O)C5)CSc5ccccc5)c(S(=O)(=O)C(F)(F)F)c4)cc3)CC2)CCC(C)(C)C1)C(F)F. The molecule has 11 nitrogen and oxygen atoms in total. The minimum Gasteiger partial charge on any atom is -0.392 e. The van der Waals surface area contributed by atoms with Crippen LogP contribution in [0.15, 0.2) is 111 Å². The predicted octanol–water partition coefficient (Wildman–Crippen LogP) is 8.36. The molecule has 3 N–H and O–H groups in total. The molecule has 1 unspecified atom stereocenters. The number of nitrogens with one attached hydrogen (secondary N) is 2. The van der Waals surface area contributed by atoms with Gasteiger partial charge in [0.1, 0.15) is 4.90 Å². The quantitative estimate of drug-likeness (QED) is 0.0607. The van der Waals surface area contributed by atoms with Crippen LogP contribution in [0.2, 0.25) is 0 Å². The number of β-amino-alcohol motifs (C(OH)–C–C–N with tert-alkyl or cyclic N) is 1. The molecule has 3 aromatic carbocycles. The minimum absolute atomic E-state index is 0.0424. The second-order valence-corrected chi connectivity index (χ2v) is 22.5. The van der Waals surface area contributed by atoms with Crippen LogP contribution >= 0.6 is 11.8 Å². The molecule has 1 aliphatic carbocycles. The summed E-state index contributed by atoms with van der Waals surface area (Å²) in [5, 5.41) is 12.9. The molecule has 3 aliphatic rings. The number of aliphatic hydroxyl groups excluding tert-OH is 1. The van der Waals surface area contributed by atoms with Gasteiger partial charge in [-0.05, 0) is 111 Å². The van der Waals surface area contributed by atoms with Crippen molar-refractivity contribution in [1.29, 1.82) is 0 Å². The molecule has 0 spiro atoms. The van der Waals surface area contributed by atoms with Crippen LogP contribution < -0.4 is 14.9 Å². The van der Waals surface area contributed by atoms with Crippen molar-refractivity contribution < 1.29 is 48.7 Å². The van der Waals surface area contributed by atoms with Crippen molar-refractivity contribution in [3.63, 3.8) is 0 Å². The van der Waals surface area contributed by atoms with E-state index in [0.29, 0.717) is 63.8 Å². The third kappa shape index (κ3) is 13.6. The highest BCUT2D eigenvalue weighted by Gasteiger charge is 2.48. The summed E-state index contributed by atoms with van der Waals surface area (Å²) in [4.78, 5) is 18.5. The Bertz CT molecular complexity index is 2390. The van der Waals surface area contributed by atoms with E-state index >= 15 is 0 Å². The lowest BCUT2D eigenvalue weighted by Gasteiger charge is -2.39. The monoisotopic (exact) mass is 967 g/mol. The van der Waals surface area contributed by atoms with Gasteiger partial charge in [0.05, 0.1) is 16.7 Å². The van der Waals surface area contributed by atoms with E-state index in [1.165, 1.54) is 35.0 Å². The number of benzene rings is 3. The third-order valence-electron chi connectivity index (χ3n) is 12.3. The molecule has 0 aromatic heterocycles. The minimum atomic E-state index is -6.09. The number of alkyl halides is 5. The van der Waals surface area contributed by atoms with E-state index in [2.05, 4.69) is 35.5 Å². The molecule has 65 heavy (non-hydrogen) atoms. The van der Waals surface area contributed by atoms with Crippen LogP contribution in [0.25, 0.3) is 0 Å². The van der Waals surface area contributed by atoms with Crippen molar-refractivity contribution >= 4 is 48.9 Å². The molecular weight excluding hydrogens is 910 g/mol. The smallest absolute Gasteiger partial charge is 0.392 e. The van der Waals surface area contributed by atoms with Crippen molar-refractivity contribution in [2.24, 2.45) is 5.41 Å². The van der Waals surface area contributed by atoms with E-state index in [1.54, 1.807) is 12.1 Å². The molecule has 2 atom stereocenters. The molecule has 0 radical (unpaired) electrons. The number of carbonyl (C=O) groups excluding carboxylic acids is 1. The number of piperazine rings is 1. The van der Waals surface area contributed by atoms with Crippen molar-refractivity contribution in [2.45, 2.75) is 97.6 Å². The van der Waals surface area contributed by atoms with Gasteiger partial charge in [-0.1, -0.05) is 49.8 Å². The van der Waals surface area contributed by atoms with E-state index < -0.39 is 65.3 Å². The number of carbonyl (C=O) groups is 1. The average molecular weight is 968 g/mol. The number of rotatable bonds is 19. The summed E-state index contributed by atoms with van der Waals surface area (Å²) >= 11 is 1.41. The van der Waals surface area contributed by atoms with Gasteiger partial charge < -0.3 is 20.2 Å². The van der Waals surface area contributed by atoms with Crippen LogP contribution in [-0.2, 0) is 19.9 Å². The van der Waals surface area contributed by atoms with E-state index in [9.17, 15) is 48.7 Å². The maximum atomic E-state index is 14.1. The van der Waals surface area contributed by atoms with Gasteiger partial charge in [-0.25, -0.2) is 30.3 Å². The second-order valence-electron chi connectivity index (χ2n) is 17.9. The fourth-order valence-electron chi connectivity index (χ4n) is 8.45. The first-order valence-corrected chi connectivity index (χ1v) is 25.7. The first-order chi connectivity index (χ1) is 30.6. The van der Waals surface area contributed by atoms with Gasteiger partial charge in [0.15, 0.2) is 0 Å². The van der Waals surface area contributed by atoms with E-state index in [4.69, 9.17) is 0 Å². The number of allylic oxidation sites excluding steroid dienone is 2. The number of anilines is 2. The molecule has 0 bridgehead atoms. The van der Waals surface area contributed by atoms with Gasteiger partial charge in [-0.15, -0.1) is 11.8 Å². The summed E-state index contributed by atoms with van der Waals surface area (Å²) in [5.41, 5.74) is -2.86. The number of thioether (sulfide) groups is 1. The molecule has 6 rings (SSSR count). The Kier molecular flexibility index (Phi) is 16.5. The van der Waals surface area contributed by atoms with Gasteiger partial charge >= 0.3 is 5.51 Å². The molecule has 356 valence electrons. The van der Waals surface area contributed by atoms with E-state index in [1.807, 2.05) is 40.0 Å². The number of aliphatic hydroxyl groups is 1. The zero-order valence-corrected chi connectivity index (χ0v) is 39.1. The number of sulfonamides is 1. The lowest BCUT2D eigenvalue weighted by molar-refractivity contribution is -0.0436. The van der Waals surface area contributed by atoms with Crippen LogP contribution in [0, 0.1) is 5.41 Å². The van der Waals surface area contributed by atoms with Crippen LogP contribution in [0.3, 0.4) is 0 Å². The Hall–Kier alpha value is -4.01. The van der Waals surface area contributed by atoms with Gasteiger partial charge in [0.2, 0.25) is 0 Å². The molecule has 3 aromatic rings. The highest BCUT2D eigenvalue weighted by Crippen LogP contribution is 2.41. The Morgan fingerprint density at radius 3 is 2.26 bits per heavy atom. The standard InChI is InChI=1S/C46H58F5N5O6S3/c1-32(43(47)48)9-10-34-28-45(2,3)20-17-35(34)29-55-23-25-56(26-24-55)37-13-11-33(12-14-37)44(58)53-65(61,62)40-15-16-41(42(27-40)64(59,60)46(49,50)51)52-36(18-21-54-22-19-38(57)30-54)31-63-39-7-5-4-6-8-39/h4-8,11-16,27,36,38,43,52,57H,1,9-10,17-26,28-31H2,2-3H3,(H,53,58)/t36-,38?/m1/s1. The first kappa shape index (κ1) is 50.4. The van der Waals surface area contributed by atoms with E-state index in [-0.39, 0.29) is 23.0 Å². The van der Waals surface area contributed by atoms with Crippen molar-refractivity contribution in [3.8, 4) is 0 Å². The van der Waals surface area contributed by atoms with Gasteiger partial charge in [0.25, 0.3) is 32.2 Å². The van der Waals surface area contributed by atoms with Crippen molar-refractivity contribution in [1.82, 2.24) is 14.5 Å². The van der Waals surface area contributed by atoms with Crippen LogP contribution in [-0.4, -0.2) is 120 Å². The van der Waals surface area contributed by atoms with E-state index in [0.717, 1.165) is 61.6 Å². The zero-order valence-electron chi connectivity index (χ0n) is 36.6.